The molecule has 1 heterocycles. The van der Waals surface area contributed by atoms with Crippen molar-refractivity contribution in [2.75, 3.05) is 0 Å². The van der Waals surface area contributed by atoms with E-state index in [-0.39, 0.29) is 6.04 Å². The Morgan fingerprint density at radius 1 is 1.32 bits per heavy atom. The van der Waals surface area contributed by atoms with Gasteiger partial charge in [0.2, 0.25) is 0 Å². The van der Waals surface area contributed by atoms with Crippen LogP contribution in [-0.2, 0) is 0 Å². The molecule has 0 aliphatic heterocycles. The van der Waals surface area contributed by atoms with Gasteiger partial charge in [0, 0.05) is 17.0 Å². The molecule has 0 saturated carbocycles. The third-order valence-electron chi connectivity index (χ3n) is 3.26. The van der Waals surface area contributed by atoms with Crippen LogP contribution in [0, 0.1) is 11.3 Å². The number of thiophene rings is 1. The topological polar surface area (TPSA) is 35.8 Å². The molecule has 19 heavy (non-hydrogen) atoms. The zero-order valence-corrected chi connectivity index (χ0v) is 12.1. The molecule has 0 spiro atoms. The molecule has 0 saturated heterocycles. The molecule has 0 fully saturated rings. The van der Waals surface area contributed by atoms with Gasteiger partial charge in [-0.3, -0.25) is 0 Å². The summed E-state index contributed by atoms with van der Waals surface area (Å²) in [7, 11) is 0. The van der Waals surface area contributed by atoms with Crippen molar-refractivity contribution in [3.8, 4) is 6.07 Å². The van der Waals surface area contributed by atoms with Gasteiger partial charge in [-0.25, -0.2) is 0 Å². The normalized spacial score (nSPS) is 13.7. The minimum atomic E-state index is 0.236. The highest BCUT2D eigenvalue weighted by Crippen LogP contribution is 2.25. The second-order valence-corrected chi connectivity index (χ2v) is 5.58. The van der Waals surface area contributed by atoms with E-state index < -0.39 is 0 Å². The van der Waals surface area contributed by atoms with Crippen molar-refractivity contribution in [2.24, 2.45) is 0 Å². The fraction of sp³-hybridized carbons (Fsp3) is 0.312. The van der Waals surface area contributed by atoms with Gasteiger partial charge in [-0.15, -0.1) is 11.3 Å². The molecule has 2 aromatic rings. The quantitative estimate of drug-likeness (QED) is 0.873. The number of benzene rings is 1. The Kier molecular flexibility index (Phi) is 4.73. The summed E-state index contributed by atoms with van der Waals surface area (Å²) in [6, 6.07) is 14.9. The molecule has 1 N–H and O–H groups in total. The van der Waals surface area contributed by atoms with Crippen molar-refractivity contribution in [3.05, 3.63) is 57.8 Å². The molecule has 0 amide bonds. The van der Waals surface area contributed by atoms with Crippen LogP contribution < -0.4 is 5.32 Å². The van der Waals surface area contributed by atoms with Gasteiger partial charge in [0.25, 0.3) is 0 Å². The molecule has 0 radical (unpaired) electrons. The van der Waals surface area contributed by atoms with E-state index in [1.807, 2.05) is 18.2 Å². The Hall–Kier alpha value is -1.63. The molecule has 2 nitrogen and oxygen atoms in total. The lowest BCUT2D eigenvalue weighted by Crippen LogP contribution is -2.23. The summed E-state index contributed by atoms with van der Waals surface area (Å²) in [4.78, 5) is 1.37. The Morgan fingerprint density at radius 3 is 2.79 bits per heavy atom. The fourth-order valence-corrected chi connectivity index (χ4v) is 3.04. The highest BCUT2D eigenvalue weighted by Gasteiger charge is 2.14. The summed E-state index contributed by atoms with van der Waals surface area (Å²) in [6.45, 7) is 4.34. The lowest BCUT2D eigenvalue weighted by Gasteiger charge is -2.22. The molecule has 3 heteroatoms. The van der Waals surface area contributed by atoms with Crippen LogP contribution in [0.1, 0.15) is 48.4 Å². The van der Waals surface area contributed by atoms with E-state index in [1.165, 1.54) is 4.88 Å². The molecule has 0 aliphatic rings. The second kappa shape index (κ2) is 6.51. The van der Waals surface area contributed by atoms with Crippen LogP contribution in [0.5, 0.6) is 0 Å². The number of nitriles is 1. The van der Waals surface area contributed by atoms with Crippen LogP contribution in [-0.4, -0.2) is 0 Å². The molecular weight excluding hydrogens is 252 g/mol. The molecule has 1 aromatic heterocycles. The predicted molar refractivity (Wildman–Crippen MR) is 80.1 cm³/mol. The minimum absolute atomic E-state index is 0.236. The first-order valence-corrected chi connectivity index (χ1v) is 7.42. The van der Waals surface area contributed by atoms with Crippen molar-refractivity contribution in [1.82, 2.24) is 5.32 Å². The van der Waals surface area contributed by atoms with Crippen LogP contribution in [0.2, 0.25) is 0 Å². The number of nitrogens with zero attached hydrogens (tertiary/aromatic N) is 1. The first-order chi connectivity index (χ1) is 9.24. The summed E-state index contributed by atoms with van der Waals surface area (Å²) >= 11 is 1.79. The van der Waals surface area contributed by atoms with E-state index in [2.05, 4.69) is 48.8 Å². The van der Waals surface area contributed by atoms with E-state index in [0.717, 1.165) is 17.5 Å². The van der Waals surface area contributed by atoms with Crippen molar-refractivity contribution in [1.29, 1.82) is 5.26 Å². The Labute approximate surface area is 118 Å². The number of nitrogens with one attached hydrogen (secondary N) is 1. The summed E-state index contributed by atoms with van der Waals surface area (Å²) in [5.41, 5.74) is 1.88. The first kappa shape index (κ1) is 13.8. The maximum atomic E-state index is 8.95. The smallest absolute Gasteiger partial charge is 0.0991 e. The van der Waals surface area contributed by atoms with Gasteiger partial charge >= 0.3 is 0 Å². The SMILES string of the molecule is CCC(NC(C)c1cccc(C#N)c1)c1cccs1. The molecule has 2 rings (SSSR count). The molecule has 1 aromatic carbocycles. The van der Waals surface area contributed by atoms with Gasteiger partial charge in [0.1, 0.15) is 0 Å². The number of rotatable bonds is 5. The van der Waals surface area contributed by atoms with Crippen molar-refractivity contribution in [2.45, 2.75) is 32.4 Å². The van der Waals surface area contributed by atoms with Crippen LogP contribution in [0.4, 0.5) is 0 Å². The van der Waals surface area contributed by atoms with Crippen LogP contribution in [0.3, 0.4) is 0 Å². The molecule has 0 bridgehead atoms. The van der Waals surface area contributed by atoms with E-state index in [0.29, 0.717) is 6.04 Å². The Balaban J connectivity index is 2.11. The largest absolute Gasteiger partial charge is 0.303 e. The van der Waals surface area contributed by atoms with Crippen LogP contribution >= 0.6 is 11.3 Å². The number of hydrogen-bond donors (Lipinski definition) is 1. The average molecular weight is 270 g/mol. The Morgan fingerprint density at radius 2 is 2.16 bits per heavy atom. The maximum Gasteiger partial charge on any atom is 0.0991 e. The second-order valence-electron chi connectivity index (χ2n) is 4.60. The van der Waals surface area contributed by atoms with Crippen molar-refractivity contribution in [3.63, 3.8) is 0 Å². The fourth-order valence-electron chi connectivity index (χ4n) is 2.17. The van der Waals surface area contributed by atoms with Crippen molar-refractivity contribution < 1.29 is 0 Å². The lowest BCUT2D eigenvalue weighted by atomic mass is 10.0. The first-order valence-electron chi connectivity index (χ1n) is 6.54. The van der Waals surface area contributed by atoms with Gasteiger partial charge in [-0.1, -0.05) is 25.1 Å². The van der Waals surface area contributed by atoms with Gasteiger partial charge < -0.3 is 5.32 Å². The Bertz CT molecular complexity index is 554. The minimum Gasteiger partial charge on any atom is -0.303 e. The van der Waals surface area contributed by atoms with Gasteiger partial charge in [0.15, 0.2) is 0 Å². The average Bonchev–Trinajstić information content (AvgIpc) is 2.98. The van der Waals surface area contributed by atoms with Crippen molar-refractivity contribution >= 4 is 11.3 Å². The highest BCUT2D eigenvalue weighted by atomic mass is 32.1. The molecule has 2 atom stereocenters. The molecule has 98 valence electrons. The van der Waals surface area contributed by atoms with Gasteiger partial charge in [-0.2, -0.15) is 5.26 Å². The third kappa shape index (κ3) is 3.44. The monoisotopic (exact) mass is 270 g/mol. The lowest BCUT2D eigenvalue weighted by molar-refractivity contribution is 0.462. The third-order valence-corrected chi connectivity index (χ3v) is 4.25. The standard InChI is InChI=1S/C16H18N2S/c1-3-15(16-8-5-9-19-16)18-12(2)14-7-4-6-13(10-14)11-17/h4-10,12,15,18H,3H2,1-2H3. The molecule has 2 unspecified atom stereocenters. The zero-order chi connectivity index (χ0) is 13.7. The van der Waals surface area contributed by atoms with Gasteiger partial charge in [-0.05, 0) is 42.5 Å². The van der Waals surface area contributed by atoms with Gasteiger partial charge in [0.05, 0.1) is 11.6 Å². The van der Waals surface area contributed by atoms with E-state index in [9.17, 15) is 0 Å². The van der Waals surface area contributed by atoms with E-state index >= 15 is 0 Å². The van der Waals surface area contributed by atoms with Crippen LogP contribution in [0.15, 0.2) is 41.8 Å². The summed E-state index contributed by atoms with van der Waals surface area (Å²) in [5, 5.41) is 14.7. The predicted octanol–water partition coefficient (Wildman–Crippen LogP) is 4.42. The highest BCUT2D eigenvalue weighted by molar-refractivity contribution is 7.10. The maximum absolute atomic E-state index is 8.95. The molecule has 0 aliphatic carbocycles. The summed E-state index contributed by atoms with van der Waals surface area (Å²) < 4.78 is 0. The molecular formula is C16H18N2S. The van der Waals surface area contributed by atoms with E-state index in [4.69, 9.17) is 5.26 Å². The zero-order valence-electron chi connectivity index (χ0n) is 11.3. The summed E-state index contributed by atoms with van der Waals surface area (Å²) in [5.74, 6) is 0. The van der Waals surface area contributed by atoms with E-state index in [1.54, 1.807) is 11.3 Å². The number of hydrogen-bond acceptors (Lipinski definition) is 3. The van der Waals surface area contributed by atoms with Crippen LogP contribution in [0.25, 0.3) is 0 Å². The summed E-state index contributed by atoms with van der Waals surface area (Å²) in [6.07, 6.45) is 1.06.